The fourth-order valence-electron chi connectivity index (χ4n) is 3.51. The molecule has 1 N–H and O–H groups in total. The number of sulfonamides is 1. The fourth-order valence-corrected chi connectivity index (χ4v) is 5.29. The molecule has 7 nitrogen and oxygen atoms in total. The van der Waals surface area contributed by atoms with E-state index in [2.05, 4.69) is 24.2 Å². The van der Waals surface area contributed by atoms with E-state index in [9.17, 15) is 8.42 Å². The summed E-state index contributed by atoms with van der Waals surface area (Å²) in [5.41, 5.74) is 2.53. The molecule has 1 aliphatic rings. The molecular weight excluding hydrogens is 364 g/mol. The molecule has 3 rings (SSSR count). The second-order valence-electron chi connectivity index (χ2n) is 6.94. The Morgan fingerprint density at radius 2 is 1.81 bits per heavy atom. The predicted molar refractivity (Wildman–Crippen MR) is 103 cm³/mol. The Morgan fingerprint density at radius 1 is 1.15 bits per heavy atom. The Balaban J connectivity index is 1.82. The van der Waals surface area contributed by atoms with Crippen LogP contribution in [0.15, 0.2) is 35.2 Å². The monoisotopic (exact) mass is 393 g/mol. The van der Waals surface area contributed by atoms with Crippen LogP contribution in [0.2, 0.25) is 0 Å². The maximum Gasteiger partial charge on any atom is 0.246 e. The lowest BCUT2D eigenvalue weighted by atomic mass is 10.2. The smallest absolute Gasteiger partial charge is 0.246 e. The number of hydrogen-bond acceptors (Lipinski definition) is 4. The van der Waals surface area contributed by atoms with Gasteiger partial charge in [0.05, 0.1) is 31.1 Å². The van der Waals surface area contributed by atoms with Crippen LogP contribution in [0.3, 0.4) is 0 Å². The molecule has 1 fully saturated rings. The van der Waals surface area contributed by atoms with Crippen molar-refractivity contribution in [3.63, 3.8) is 0 Å². The van der Waals surface area contributed by atoms with Crippen LogP contribution in [0.5, 0.6) is 0 Å². The Hall–Kier alpha value is -1.74. The number of rotatable bonds is 7. The molecule has 0 radical (unpaired) electrons. The predicted octanol–water partition coefficient (Wildman–Crippen LogP) is 0.583. The van der Waals surface area contributed by atoms with Gasteiger partial charge in [0, 0.05) is 18.7 Å². The fraction of sp³-hybridized carbons (Fsp3) is 0.526. The first-order valence-electron chi connectivity index (χ1n) is 9.43. The second-order valence-corrected chi connectivity index (χ2v) is 8.81. The molecule has 0 aliphatic carbocycles. The minimum absolute atomic E-state index is 0.347. The van der Waals surface area contributed by atoms with Crippen molar-refractivity contribution in [1.82, 2.24) is 14.1 Å². The van der Waals surface area contributed by atoms with Crippen LogP contribution in [0.1, 0.15) is 23.9 Å². The van der Waals surface area contributed by atoms with Crippen molar-refractivity contribution in [2.45, 2.75) is 38.9 Å². The molecule has 0 amide bonds. The third kappa shape index (κ3) is 4.40. The Labute approximate surface area is 161 Å². The molecule has 1 aliphatic heterocycles. The lowest BCUT2D eigenvalue weighted by molar-refractivity contribution is -0.935. The lowest BCUT2D eigenvalue weighted by Gasteiger charge is -2.26. The summed E-state index contributed by atoms with van der Waals surface area (Å²) >= 11 is 0. The number of morpholine rings is 1. The lowest BCUT2D eigenvalue weighted by Crippen LogP contribution is -3.09. The number of nitrogens with one attached hydrogen (secondary N) is 1. The van der Waals surface area contributed by atoms with Crippen molar-refractivity contribution in [3.8, 4) is 0 Å². The highest BCUT2D eigenvalue weighted by molar-refractivity contribution is 7.89. The van der Waals surface area contributed by atoms with Gasteiger partial charge < -0.3 is 9.64 Å². The zero-order valence-corrected chi connectivity index (χ0v) is 17.1. The van der Waals surface area contributed by atoms with Gasteiger partial charge in [0.15, 0.2) is 6.67 Å². The van der Waals surface area contributed by atoms with Gasteiger partial charge in [-0.25, -0.2) is 13.1 Å². The van der Waals surface area contributed by atoms with Crippen molar-refractivity contribution in [1.29, 1.82) is 0 Å². The molecular formula is C19H29N4O3S+. The molecule has 0 saturated carbocycles. The Morgan fingerprint density at radius 3 is 2.44 bits per heavy atom. The zero-order chi connectivity index (χ0) is 19.4. The number of aromatic nitrogens is 2. The third-order valence-corrected chi connectivity index (χ3v) is 7.21. The normalized spacial score (nSPS) is 17.1. The minimum atomic E-state index is -3.54. The van der Waals surface area contributed by atoms with Crippen LogP contribution in [0.4, 0.5) is 0 Å². The summed E-state index contributed by atoms with van der Waals surface area (Å²) in [6.45, 7) is 9.88. The van der Waals surface area contributed by atoms with E-state index < -0.39 is 10.0 Å². The third-order valence-electron chi connectivity index (χ3n) is 5.05. The van der Waals surface area contributed by atoms with Gasteiger partial charge in [0.25, 0.3) is 0 Å². The SMILES string of the molecule is CC[NH+](Cc1ccccc1)Cn1nc(C)c(S(=O)(=O)N2CCOCC2)c1C. The zero-order valence-electron chi connectivity index (χ0n) is 16.3. The minimum Gasteiger partial charge on any atom is -0.379 e. The van der Waals surface area contributed by atoms with E-state index in [0.717, 1.165) is 13.1 Å². The number of hydrogen-bond donors (Lipinski definition) is 1. The summed E-state index contributed by atoms with van der Waals surface area (Å²) in [6, 6.07) is 10.3. The second kappa shape index (κ2) is 8.52. The van der Waals surface area contributed by atoms with Crippen LogP contribution in [0.25, 0.3) is 0 Å². The van der Waals surface area contributed by atoms with Crippen LogP contribution in [-0.4, -0.2) is 55.4 Å². The highest BCUT2D eigenvalue weighted by Gasteiger charge is 2.32. The van der Waals surface area contributed by atoms with Gasteiger partial charge in [-0.15, -0.1) is 0 Å². The first-order chi connectivity index (χ1) is 12.9. The standard InChI is InChI=1S/C19H28N4O3S/c1-4-21(14-18-8-6-5-7-9-18)15-23-17(3)19(16(2)20-23)27(24,25)22-10-12-26-13-11-22/h5-9H,4,10-15H2,1-3H3/p+1. The number of quaternary nitrogens is 1. The van der Waals surface area contributed by atoms with Crippen molar-refractivity contribution in [3.05, 3.63) is 47.3 Å². The highest BCUT2D eigenvalue weighted by atomic mass is 32.2. The average Bonchev–Trinajstić information content (AvgIpc) is 2.96. The molecule has 1 aromatic heterocycles. The Kier molecular flexibility index (Phi) is 6.31. The maximum absolute atomic E-state index is 13.1. The number of nitrogens with zero attached hydrogens (tertiary/aromatic N) is 3. The first kappa shape index (κ1) is 20.0. The van der Waals surface area contributed by atoms with Crippen molar-refractivity contribution in [2.24, 2.45) is 0 Å². The molecule has 2 heterocycles. The van der Waals surface area contributed by atoms with Gasteiger partial charge in [-0.3, -0.25) is 0 Å². The number of ether oxygens (including phenoxy) is 1. The summed E-state index contributed by atoms with van der Waals surface area (Å²) in [4.78, 5) is 1.67. The molecule has 0 bridgehead atoms. The van der Waals surface area contributed by atoms with Gasteiger partial charge in [-0.05, 0) is 20.8 Å². The maximum atomic E-state index is 13.1. The molecule has 1 atom stereocenters. The van der Waals surface area contributed by atoms with Gasteiger partial charge in [0.1, 0.15) is 11.4 Å². The van der Waals surface area contributed by atoms with Gasteiger partial charge in [-0.1, -0.05) is 30.3 Å². The summed E-state index contributed by atoms with van der Waals surface area (Å²) in [7, 11) is -3.54. The van der Waals surface area contributed by atoms with Crippen LogP contribution in [0, 0.1) is 13.8 Å². The van der Waals surface area contributed by atoms with E-state index in [0.29, 0.717) is 49.3 Å². The molecule has 1 saturated heterocycles. The largest absolute Gasteiger partial charge is 0.379 e. The van der Waals surface area contributed by atoms with Gasteiger partial charge in [0.2, 0.25) is 10.0 Å². The number of benzene rings is 1. The van der Waals surface area contributed by atoms with Crippen LogP contribution in [-0.2, 0) is 28.0 Å². The Bertz CT molecular complexity index is 859. The first-order valence-corrected chi connectivity index (χ1v) is 10.9. The quantitative estimate of drug-likeness (QED) is 0.747. The topological polar surface area (TPSA) is 68.9 Å². The summed E-state index contributed by atoms with van der Waals surface area (Å²) in [5, 5.41) is 4.56. The van der Waals surface area contributed by atoms with Crippen molar-refractivity contribution < 1.29 is 18.1 Å². The van der Waals surface area contributed by atoms with Crippen molar-refractivity contribution in [2.75, 3.05) is 32.8 Å². The van der Waals surface area contributed by atoms with E-state index in [1.807, 2.05) is 29.8 Å². The summed E-state index contributed by atoms with van der Waals surface area (Å²) in [5.74, 6) is 0. The van der Waals surface area contributed by atoms with E-state index in [1.54, 1.807) is 6.92 Å². The molecule has 27 heavy (non-hydrogen) atoms. The van der Waals surface area contributed by atoms with Crippen LogP contribution >= 0.6 is 0 Å². The molecule has 1 aromatic carbocycles. The molecule has 148 valence electrons. The summed E-state index contributed by atoms with van der Waals surface area (Å²) < 4.78 is 34.8. The van der Waals surface area contributed by atoms with Gasteiger partial charge >= 0.3 is 0 Å². The molecule has 8 heteroatoms. The summed E-state index contributed by atoms with van der Waals surface area (Å²) in [6.07, 6.45) is 0. The highest BCUT2D eigenvalue weighted by Crippen LogP contribution is 2.23. The number of aryl methyl sites for hydroxylation is 1. The molecule has 1 unspecified atom stereocenters. The average molecular weight is 394 g/mol. The van der Waals surface area contributed by atoms with E-state index >= 15 is 0 Å². The molecule has 0 spiro atoms. The van der Waals surface area contributed by atoms with E-state index in [-0.39, 0.29) is 0 Å². The van der Waals surface area contributed by atoms with E-state index in [4.69, 9.17) is 4.74 Å². The van der Waals surface area contributed by atoms with Crippen LogP contribution < -0.4 is 4.90 Å². The molecule has 2 aromatic rings. The van der Waals surface area contributed by atoms with Crippen molar-refractivity contribution >= 4 is 10.0 Å². The van der Waals surface area contributed by atoms with Gasteiger partial charge in [-0.2, -0.15) is 9.40 Å². The van der Waals surface area contributed by atoms with E-state index in [1.165, 1.54) is 14.8 Å².